The molecule has 3 amide bonds. The van der Waals surface area contributed by atoms with Crippen molar-refractivity contribution in [2.45, 2.75) is 87.6 Å². The van der Waals surface area contributed by atoms with Crippen LogP contribution in [0.5, 0.6) is 40.4 Å². The van der Waals surface area contributed by atoms with E-state index in [0.29, 0.717) is 104 Å². The number of pyridine rings is 4. The first-order chi connectivity index (χ1) is 44.6. The summed E-state index contributed by atoms with van der Waals surface area (Å²) in [6, 6.07) is 17.0. The number of likely N-dealkylation sites (N-methyl/N-ethyl adjacent to an activating group) is 3. The summed E-state index contributed by atoms with van der Waals surface area (Å²) in [7, 11) is 0. The fourth-order valence-electron chi connectivity index (χ4n) is 11.9. The molecule has 12 rings (SSSR count). The van der Waals surface area contributed by atoms with E-state index in [1.54, 1.807) is 118 Å². The van der Waals surface area contributed by atoms with Gasteiger partial charge in [-0.2, -0.15) is 15.3 Å². The van der Waals surface area contributed by atoms with Crippen LogP contribution in [-0.2, 0) is 20.9 Å². The van der Waals surface area contributed by atoms with Gasteiger partial charge in [-0.15, -0.1) is 10.2 Å². The third-order valence-electron chi connectivity index (χ3n) is 16.0. The molecule has 0 spiro atoms. The minimum absolute atomic E-state index is 0. The van der Waals surface area contributed by atoms with Gasteiger partial charge in [0.2, 0.25) is 5.88 Å². The van der Waals surface area contributed by atoms with Gasteiger partial charge in [0.05, 0.1) is 45.6 Å². The highest BCUT2D eigenvalue weighted by Crippen LogP contribution is 2.54. The van der Waals surface area contributed by atoms with Crippen LogP contribution in [0.2, 0.25) is 0 Å². The highest BCUT2D eigenvalue weighted by atomic mass is 16.3. The van der Waals surface area contributed by atoms with Crippen LogP contribution in [0.3, 0.4) is 0 Å². The van der Waals surface area contributed by atoms with E-state index in [9.17, 15) is 54.9 Å². The van der Waals surface area contributed by atoms with Crippen molar-refractivity contribution in [1.29, 1.82) is 5.53 Å². The summed E-state index contributed by atoms with van der Waals surface area (Å²) < 4.78 is 1.63. The Bertz CT molecular complexity index is 4480. The normalized spacial score (nSPS) is 14.1. The lowest BCUT2D eigenvalue weighted by molar-refractivity contribution is -0.114. The second-order valence-electron chi connectivity index (χ2n) is 21.9. The van der Waals surface area contributed by atoms with Crippen LogP contribution >= 0.6 is 0 Å². The number of rotatable bonds is 12. The van der Waals surface area contributed by atoms with Gasteiger partial charge in [0.15, 0.2) is 40.1 Å². The molecule has 0 atom stereocenters. The molecular formula is C66H70N16O12. The molecule has 0 bridgehead atoms. The van der Waals surface area contributed by atoms with Gasteiger partial charge in [-0.3, -0.25) is 50.1 Å². The standard InChI is InChI=1S/C48H46N8O8.C9H10N4O.C9H8N2O2.H4N2.H2O/c1-9-55-45-25(13-11-15-49-45)37(47(55)63)53-51-19-29-35-27(31(21(3)4)43(61)39(29)57)17-23(7)33(41(35)59)34-24(8)18-28-32(22(5)6)44(62)40(58)30(36(28)42(34)60)20-52-54-38-26-14-12-16-50-46(26)56(10-2)48(38)64;1-2-13-8-6(4-3-5-11-8)7(12-10)9(13)14;1-2-11-8-6(4-3-5-10-8)7(12)9(11)13;1-2;/h11-22,57-62H,9-10H2,1-8H3;3-5,10,14H,2H2,1H3;3-5H,2H2,1H3;1-2H2;1H2/b51-19+,52-20+,53-37-,54-38+;;;;. The molecule has 0 radical (unpaired) electrons. The maximum atomic E-state index is 13.3. The van der Waals surface area contributed by atoms with Crippen LogP contribution in [0, 0.1) is 19.4 Å². The molecule has 486 valence electrons. The number of nitrogens with zero attached hydrogens (tertiary/aromatic N) is 13. The number of nitrogens with two attached hydrogens (primary N) is 2. The number of anilines is 3. The molecule has 0 saturated carbocycles. The van der Waals surface area contributed by atoms with Crippen LogP contribution in [0.15, 0.2) is 111 Å². The molecule has 14 N–H and O–H groups in total. The van der Waals surface area contributed by atoms with Crippen molar-refractivity contribution in [2.24, 2.45) is 37.2 Å². The van der Waals surface area contributed by atoms with Gasteiger partial charge in [-0.05, 0) is 124 Å². The lowest BCUT2D eigenvalue weighted by atomic mass is 9.83. The molecule has 0 unspecified atom stereocenters. The smallest absolute Gasteiger partial charge is 0.300 e. The summed E-state index contributed by atoms with van der Waals surface area (Å²) in [4.78, 5) is 70.4. The summed E-state index contributed by atoms with van der Waals surface area (Å²) in [5.74, 6) is 4.09. The quantitative estimate of drug-likeness (QED) is 0.0136. The number of nitrogens with one attached hydrogen (secondary N) is 1. The molecule has 0 saturated heterocycles. The van der Waals surface area contributed by atoms with Gasteiger partial charge in [0.1, 0.15) is 34.6 Å². The van der Waals surface area contributed by atoms with E-state index in [0.717, 1.165) is 12.4 Å². The van der Waals surface area contributed by atoms with E-state index in [2.05, 4.69) is 57.1 Å². The van der Waals surface area contributed by atoms with Crippen LogP contribution in [-0.4, -0.2) is 133 Å². The Labute approximate surface area is 537 Å². The number of carbonyl (C=O) groups is 4. The number of ketones is 1. The van der Waals surface area contributed by atoms with E-state index in [1.807, 2.05) is 41.5 Å². The Hall–Kier alpha value is -11.6. The zero-order chi connectivity index (χ0) is 67.6. The summed E-state index contributed by atoms with van der Waals surface area (Å²) in [5.41, 5.74) is 11.0. The van der Waals surface area contributed by atoms with Gasteiger partial charge < -0.3 is 41.2 Å². The molecule has 3 aliphatic heterocycles. The van der Waals surface area contributed by atoms with Crippen molar-refractivity contribution in [3.63, 3.8) is 0 Å². The number of amides is 3. The molecule has 9 aromatic rings. The van der Waals surface area contributed by atoms with E-state index in [-0.39, 0.29) is 84.8 Å². The lowest BCUT2D eigenvalue weighted by Gasteiger charge is -2.23. The van der Waals surface area contributed by atoms with Crippen LogP contribution < -0.4 is 26.4 Å². The Morgan fingerprint density at radius 1 is 0.521 bits per heavy atom. The number of phenolic OH excluding ortho intramolecular Hbond substituents is 6. The third kappa shape index (κ3) is 11.4. The van der Waals surface area contributed by atoms with Gasteiger partial charge in [0.25, 0.3) is 17.6 Å². The molecule has 3 aliphatic rings. The lowest BCUT2D eigenvalue weighted by Crippen LogP contribution is -2.30. The van der Waals surface area contributed by atoms with Gasteiger partial charge >= 0.3 is 5.91 Å². The van der Waals surface area contributed by atoms with E-state index < -0.39 is 46.5 Å². The summed E-state index contributed by atoms with van der Waals surface area (Å²) >= 11 is 0. The zero-order valence-corrected chi connectivity index (χ0v) is 53.0. The van der Waals surface area contributed by atoms with E-state index in [1.165, 1.54) is 14.7 Å². The Balaban J connectivity index is 0.000000307. The second kappa shape index (κ2) is 27.9. The van der Waals surface area contributed by atoms with Crippen molar-refractivity contribution in [2.75, 3.05) is 34.3 Å². The molecule has 94 heavy (non-hydrogen) atoms. The SMILES string of the molecule is CCN1C(=O)/C(=N\N=C\c2c(O)c(O)c(C(C)C)c3cc(C)c(-c4c(C)cc5c(C(C)C)c(O)c(O)c(/C=N/N=C6/C(=O)N(CC)c7ncccc76)c5c4O)c(O)c23)c2cccnc21.CCN1C(=O)C(=O)c2cccnc21.CCn1c(O)c(N=N)c2cccnc21.NN.O. The maximum absolute atomic E-state index is 13.3. The first-order valence-electron chi connectivity index (χ1n) is 29.5. The largest absolute Gasteiger partial charge is 0.507 e. The number of hydrogen-bond acceptors (Lipinski definition) is 23. The first-order valence-corrected chi connectivity index (χ1v) is 29.5. The predicted octanol–water partition coefficient (Wildman–Crippen LogP) is 8.98. The van der Waals surface area contributed by atoms with Crippen LogP contribution in [0.25, 0.3) is 43.7 Å². The predicted molar refractivity (Wildman–Crippen MR) is 358 cm³/mol. The van der Waals surface area contributed by atoms with Crippen molar-refractivity contribution < 1.29 is 60.4 Å². The molecule has 0 fully saturated rings. The van der Waals surface area contributed by atoms with Crippen molar-refractivity contribution in [3.05, 3.63) is 136 Å². The van der Waals surface area contributed by atoms with Crippen molar-refractivity contribution in [1.82, 2.24) is 24.5 Å². The van der Waals surface area contributed by atoms with Crippen LogP contribution in [0.1, 0.15) is 122 Å². The van der Waals surface area contributed by atoms with Crippen LogP contribution in [0.4, 0.5) is 23.1 Å². The zero-order valence-electron chi connectivity index (χ0n) is 53.0. The fourth-order valence-corrected chi connectivity index (χ4v) is 11.9. The highest BCUT2D eigenvalue weighted by Gasteiger charge is 2.38. The average molecular weight is 1280 g/mol. The van der Waals surface area contributed by atoms with Gasteiger partial charge in [-0.25, -0.2) is 25.5 Å². The molecule has 28 heteroatoms. The number of benzene rings is 4. The van der Waals surface area contributed by atoms with E-state index >= 15 is 0 Å². The van der Waals surface area contributed by atoms with Gasteiger partial charge in [0, 0.05) is 84.0 Å². The molecule has 28 nitrogen and oxygen atoms in total. The Kier molecular flexibility index (Phi) is 20.2. The Morgan fingerprint density at radius 2 is 0.904 bits per heavy atom. The topological polar surface area (TPSA) is 445 Å². The number of Topliss-reactive ketones (excluding diaryl/α,β-unsaturated/α-hetero) is 1. The summed E-state index contributed by atoms with van der Waals surface area (Å²) in [6.45, 7) is 19.8. The number of hydrogen-bond donors (Lipinski definition) is 10. The Morgan fingerprint density at radius 3 is 1.30 bits per heavy atom. The number of carbonyl (C=O) groups excluding carboxylic acids is 4. The number of fused-ring (bicyclic) bond motifs is 6. The van der Waals surface area contributed by atoms with E-state index in [4.69, 9.17) is 5.53 Å². The highest BCUT2D eigenvalue weighted by molar-refractivity contribution is 6.55. The second-order valence-corrected chi connectivity index (χ2v) is 21.9. The molecule has 8 heterocycles. The number of aromatic hydroxyl groups is 7. The third-order valence-corrected chi connectivity index (χ3v) is 16.0. The molecule has 5 aromatic heterocycles. The molecular weight excluding hydrogens is 1210 g/mol. The average Bonchev–Trinajstić information content (AvgIpc) is 1.21. The fraction of sp³-hybridized carbons (Fsp3) is 0.242. The minimum Gasteiger partial charge on any atom is -0.507 e. The number of hydrazine groups is 1. The minimum atomic E-state index is -0.594. The number of aryl methyl sites for hydroxylation is 3. The summed E-state index contributed by atoms with van der Waals surface area (Å²) in [6.07, 6.45) is 8.66. The monoisotopic (exact) mass is 1280 g/mol. The summed E-state index contributed by atoms with van der Waals surface area (Å²) in [5, 5.41) is 103. The molecule has 0 aliphatic carbocycles. The van der Waals surface area contributed by atoms with Gasteiger partial charge in [-0.1, -0.05) is 39.8 Å². The maximum Gasteiger partial charge on any atom is 0.300 e. The van der Waals surface area contributed by atoms with Crippen molar-refractivity contribution in [3.8, 4) is 51.5 Å². The molecule has 4 aromatic carbocycles. The van der Waals surface area contributed by atoms with Crippen molar-refractivity contribution >= 4 is 103 Å². The number of phenols is 6. The number of aromatic nitrogens is 5. The first kappa shape index (κ1) is 68.3.